The highest BCUT2D eigenvalue weighted by Crippen LogP contribution is 2.43. The maximum absolute atomic E-state index is 14.6. The normalized spacial score (nSPS) is 21.4. The number of alkyl halides is 3. The van der Waals surface area contributed by atoms with Gasteiger partial charge in [0.05, 0.1) is 16.6 Å². The van der Waals surface area contributed by atoms with E-state index in [0.29, 0.717) is 18.9 Å². The van der Waals surface area contributed by atoms with E-state index in [1.165, 1.54) is 4.90 Å². The first-order chi connectivity index (χ1) is 16.0. The molecule has 1 N–H and O–H groups in total. The van der Waals surface area contributed by atoms with Gasteiger partial charge >= 0.3 is 6.18 Å². The summed E-state index contributed by atoms with van der Waals surface area (Å²) in [6, 6.07) is 1.40. The molecule has 2 aromatic rings. The van der Waals surface area contributed by atoms with Gasteiger partial charge in [0, 0.05) is 18.3 Å². The number of benzene rings is 1. The molecular formula is C23H21ClF5N3O2. The summed E-state index contributed by atoms with van der Waals surface area (Å²) in [5, 5.41) is 2.36. The summed E-state index contributed by atoms with van der Waals surface area (Å²) >= 11 is 5.64. The van der Waals surface area contributed by atoms with Crippen LogP contribution in [0.25, 0.3) is 0 Å². The number of hydrogen-bond acceptors (Lipinski definition) is 3. The van der Waals surface area contributed by atoms with Gasteiger partial charge in [-0.05, 0) is 55.4 Å². The molecule has 2 aliphatic rings. The van der Waals surface area contributed by atoms with E-state index in [4.69, 9.17) is 11.6 Å². The van der Waals surface area contributed by atoms with E-state index >= 15 is 0 Å². The van der Waals surface area contributed by atoms with E-state index in [2.05, 4.69) is 10.3 Å². The monoisotopic (exact) mass is 501 g/mol. The molecule has 1 aliphatic carbocycles. The van der Waals surface area contributed by atoms with Crippen LogP contribution in [-0.4, -0.2) is 34.3 Å². The maximum atomic E-state index is 14.6. The van der Waals surface area contributed by atoms with Gasteiger partial charge in [-0.2, -0.15) is 13.2 Å². The number of carbonyl (C=O) groups excluding carboxylic acids is 2. The van der Waals surface area contributed by atoms with Crippen molar-refractivity contribution in [2.24, 2.45) is 11.8 Å². The molecule has 2 fully saturated rings. The Kier molecular flexibility index (Phi) is 6.54. The smallest absolute Gasteiger partial charge is 0.347 e. The number of halogens is 6. The van der Waals surface area contributed by atoms with Crippen LogP contribution in [0.15, 0.2) is 30.5 Å². The average molecular weight is 502 g/mol. The van der Waals surface area contributed by atoms with E-state index < -0.39 is 53.0 Å². The van der Waals surface area contributed by atoms with E-state index in [0.717, 1.165) is 24.4 Å². The summed E-state index contributed by atoms with van der Waals surface area (Å²) in [5.41, 5.74) is -1.49. The summed E-state index contributed by atoms with van der Waals surface area (Å²) in [6.45, 7) is 1.95. The van der Waals surface area contributed by atoms with Crippen LogP contribution in [0.1, 0.15) is 53.8 Å². The maximum Gasteiger partial charge on any atom is 0.416 e. The number of carbonyl (C=O) groups is 2. The van der Waals surface area contributed by atoms with Gasteiger partial charge in [-0.1, -0.05) is 18.5 Å². The van der Waals surface area contributed by atoms with Crippen molar-refractivity contribution in [2.75, 3.05) is 6.54 Å². The van der Waals surface area contributed by atoms with Crippen molar-refractivity contribution >= 4 is 23.4 Å². The highest BCUT2D eigenvalue weighted by molar-refractivity contribution is 6.30. The second-order valence-electron chi connectivity index (χ2n) is 8.85. The zero-order chi connectivity index (χ0) is 24.8. The van der Waals surface area contributed by atoms with Gasteiger partial charge in [0.2, 0.25) is 5.91 Å². The number of rotatable bonds is 5. The fourth-order valence-corrected chi connectivity index (χ4v) is 4.45. The molecule has 0 unspecified atom stereocenters. The second-order valence-corrected chi connectivity index (χ2v) is 9.26. The minimum atomic E-state index is -4.65. The predicted octanol–water partition coefficient (Wildman–Crippen LogP) is 5.15. The van der Waals surface area contributed by atoms with Gasteiger partial charge in [0.1, 0.15) is 23.4 Å². The van der Waals surface area contributed by atoms with Crippen molar-refractivity contribution in [3.8, 4) is 0 Å². The van der Waals surface area contributed by atoms with Crippen LogP contribution in [-0.2, 0) is 11.0 Å². The first kappa shape index (κ1) is 24.4. The van der Waals surface area contributed by atoms with Crippen LogP contribution in [0.5, 0.6) is 0 Å². The van der Waals surface area contributed by atoms with Crippen LogP contribution >= 0.6 is 11.6 Å². The van der Waals surface area contributed by atoms with Crippen LogP contribution < -0.4 is 5.32 Å². The molecule has 0 bridgehead atoms. The Hall–Kier alpha value is -2.75. The zero-order valence-corrected chi connectivity index (χ0v) is 18.8. The van der Waals surface area contributed by atoms with E-state index in [1.54, 1.807) is 6.92 Å². The van der Waals surface area contributed by atoms with Crippen LogP contribution in [0.4, 0.5) is 22.0 Å². The van der Waals surface area contributed by atoms with E-state index in [-0.39, 0.29) is 35.4 Å². The Morgan fingerprint density at radius 1 is 1.18 bits per heavy atom. The van der Waals surface area contributed by atoms with Gasteiger partial charge in [-0.15, -0.1) is 0 Å². The molecule has 1 aromatic carbocycles. The Labute approximate surface area is 197 Å². The molecule has 182 valence electrons. The fraction of sp³-hybridized carbons (Fsp3) is 0.435. The molecule has 2 amide bonds. The third-order valence-electron chi connectivity index (χ3n) is 6.15. The summed E-state index contributed by atoms with van der Waals surface area (Å²) in [7, 11) is 0. The Morgan fingerprint density at radius 3 is 2.53 bits per heavy atom. The number of amides is 2. The van der Waals surface area contributed by atoms with Crippen LogP contribution in [0, 0.1) is 23.5 Å². The summed E-state index contributed by atoms with van der Waals surface area (Å²) in [6.07, 6.45) is -2.08. The lowest BCUT2D eigenvalue weighted by Gasteiger charge is -2.27. The standard InChI is InChI=1S/C23H21ClF5N3O2/c1-11-6-19(32(10-11)22(34)18-7-13(4-5-30-18)23(27,28)29)21(33)31-20(12-2-3-12)14-8-17(26)15(24)9-16(14)25/h4-5,7-9,11-12,19-20H,2-3,6,10H2,1H3,(H,31,33)/t11-,19-,20-/m1/s1. The third-order valence-corrected chi connectivity index (χ3v) is 6.44. The van der Waals surface area contributed by atoms with Gasteiger partial charge < -0.3 is 10.2 Å². The molecule has 0 spiro atoms. The van der Waals surface area contributed by atoms with Crippen molar-refractivity contribution in [1.29, 1.82) is 0 Å². The zero-order valence-electron chi connectivity index (χ0n) is 18.0. The fourth-order valence-electron chi connectivity index (χ4n) is 4.29. The molecule has 1 saturated carbocycles. The molecular weight excluding hydrogens is 481 g/mol. The summed E-state index contributed by atoms with van der Waals surface area (Å²) < 4.78 is 67.8. The molecule has 34 heavy (non-hydrogen) atoms. The number of nitrogens with one attached hydrogen (secondary N) is 1. The van der Waals surface area contributed by atoms with Crippen molar-refractivity contribution < 1.29 is 31.5 Å². The first-order valence-electron chi connectivity index (χ1n) is 10.7. The first-order valence-corrected chi connectivity index (χ1v) is 11.1. The minimum Gasteiger partial charge on any atom is -0.347 e. The predicted molar refractivity (Wildman–Crippen MR) is 113 cm³/mol. The van der Waals surface area contributed by atoms with Gasteiger partial charge in [0.15, 0.2) is 0 Å². The van der Waals surface area contributed by atoms with Gasteiger partial charge in [-0.3, -0.25) is 14.6 Å². The number of likely N-dealkylation sites (tertiary alicyclic amines) is 1. The Bertz CT molecular complexity index is 1120. The summed E-state index contributed by atoms with van der Waals surface area (Å²) in [4.78, 5) is 31.2. The van der Waals surface area contributed by atoms with Crippen molar-refractivity contribution in [2.45, 2.75) is 44.4 Å². The number of nitrogens with zero attached hydrogens (tertiary/aromatic N) is 2. The molecule has 4 rings (SSSR count). The Balaban J connectivity index is 1.57. The molecule has 0 radical (unpaired) electrons. The highest BCUT2D eigenvalue weighted by atomic mass is 35.5. The Morgan fingerprint density at radius 2 is 1.88 bits per heavy atom. The molecule has 1 saturated heterocycles. The van der Waals surface area contributed by atoms with Crippen molar-refractivity contribution in [1.82, 2.24) is 15.2 Å². The quantitative estimate of drug-likeness (QED) is 0.455. The van der Waals surface area contributed by atoms with E-state index in [1.807, 2.05) is 0 Å². The highest BCUT2D eigenvalue weighted by Gasteiger charge is 2.42. The number of hydrogen-bond donors (Lipinski definition) is 1. The third kappa shape index (κ3) is 5.01. The number of aromatic nitrogens is 1. The largest absolute Gasteiger partial charge is 0.416 e. The molecule has 11 heteroatoms. The number of pyridine rings is 1. The molecule has 5 nitrogen and oxygen atoms in total. The molecule has 3 atom stereocenters. The van der Waals surface area contributed by atoms with Crippen molar-refractivity contribution in [3.05, 3.63) is 63.9 Å². The lowest BCUT2D eigenvalue weighted by molar-refractivity contribution is -0.137. The lowest BCUT2D eigenvalue weighted by atomic mass is 10.00. The van der Waals surface area contributed by atoms with Gasteiger partial charge in [-0.25, -0.2) is 8.78 Å². The van der Waals surface area contributed by atoms with E-state index in [9.17, 15) is 31.5 Å². The minimum absolute atomic E-state index is 0.0405. The molecule has 1 aromatic heterocycles. The SMILES string of the molecule is C[C@@H]1C[C@H](C(=O)N[C@@H](c2cc(F)c(Cl)cc2F)C2CC2)N(C(=O)c2cc(C(F)(F)F)ccn2)C1. The van der Waals surface area contributed by atoms with Crippen LogP contribution in [0.2, 0.25) is 5.02 Å². The topological polar surface area (TPSA) is 62.3 Å². The average Bonchev–Trinajstić information content (AvgIpc) is 3.54. The van der Waals surface area contributed by atoms with Crippen molar-refractivity contribution in [3.63, 3.8) is 0 Å². The van der Waals surface area contributed by atoms with Crippen LogP contribution in [0.3, 0.4) is 0 Å². The second kappa shape index (κ2) is 9.13. The van der Waals surface area contributed by atoms with Gasteiger partial charge in [0.25, 0.3) is 5.91 Å². The summed E-state index contributed by atoms with van der Waals surface area (Å²) in [5.74, 6) is -3.18. The lowest BCUT2D eigenvalue weighted by Crippen LogP contribution is -2.47. The molecule has 2 heterocycles. The molecule has 1 aliphatic heterocycles.